The summed E-state index contributed by atoms with van der Waals surface area (Å²) >= 11 is 0. The van der Waals surface area contributed by atoms with Gasteiger partial charge in [0.1, 0.15) is 5.54 Å². The lowest BCUT2D eigenvalue weighted by atomic mass is 10.0. The average Bonchev–Trinajstić information content (AvgIpc) is 2.17. The van der Waals surface area contributed by atoms with E-state index >= 15 is 0 Å². The van der Waals surface area contributed by atoms with Crippen molar-refractivity contribution in [2.45, 2.75) is 32.4 Å². The summed E-state index contributed by atoms with van der Waals surface area (Å²) in [4.78, 5) is 13.4. The van der Waals surface area contributed by atoms with Crippen LogP contribution in [0.25, 0.3) is 0 Å². The van der Waals surface area contributed by atoms with Crippen LogP contribution in [0.5, 0.6) is 0 Å². The largest absolute Gasteiger partial charge is 0.480 e. The van der Waals surface area contributed by atoms with Crippen LogP contribution in [0, 0.1) is 0 Å². The Kier molecular flexibility index (Phi) is 4.70. The second-order valence-corrected chi connectivity index (χ2v) is 4.58. The van der Waals surface area contributed by atoms with Crippen molar-refractivity contribution in [2.75, 3.05) is 32.8 Å². The maximum absolute atomic E-state index is 11.2. The van der Waals surface area contributed by atoms with Crippen LogP contribution >= 0.6 is 0 Å². The Labute approximate surface area is 96.8 Å². The average molecular weight is 230 g/mol. The molecule has 0 aromatic heterocycles. The highest BCUT2D eigenvalue weighted by Crippen LogP contribution is 2.11. The fourth-order valence-electron chi connectivity index (χ4n) is 2.07. The summed E-state index contributed by atoms with van der Waals surface area (Å²) in [6, 6.07) is 0. The summed E-state index contributed by atoms with van der Waals surface area (Å²) in [6.45, 7) is 9.13. The molecule has 2 atom stereocenters. The molecule has 0 aliphatic carbocycles. The number of nitrogens with one attached hydrogen (secondary N) is 1. The summed E-state index contributed by atoms with van der Waals surface area (Å²) < 4.78 is 5.43. The molecule has 16 heavy (non-hydrogen) atoms. The van der Waals surface area contributed by atoms with E-state index in [0.29, 0.717) is 19.7 Å². The van der Waals surface area contributed by atoms with Crippen molar-refractivity contribution in [3.8, 4) is 0 Å². The Balaban J connectivity index is 2.57. The van der Waals surface area contributed by atoms with Crippen LogP contribution in [0.4, 0.5) is 0 Å². The van der Waals surface area contributed by atoms with E-state index in [4.69, 9.17) is 4.74 Å². The van der Waals surface area contributed by atoms with Gasteiger partial charge in [0.2, 0.25) is 0 Å². The number of aliphatic carboxylic acids is 1. The van der Waals surface area contributed by atoms with Crippen LogP contribution in [0.3, 0.4) is 0 Å². The second-order valence-electron chi connectivity index (χ2n) is 4.58. The number of carbonyl (C=O) groups is 1. The number of rotatable bonds is 5. The van der Waals surface area contributed by atoms with Crippen molar-refractivity contribution in [2.24, 2.45) is 0 Å². The smallest absolute Gasteiger partial charge is 0.324 e. The van der Waals surface area contributed by atoms with Crippen molar-refractivity contribution < 1.29 is 14.6 Å². The molecule has 0 saturated carbocycles. The third-order valence-corrected chi connectivity index (χ3v) is 2.90. The Bertz CT molecular complexity index is 247. The van der Waals surface area contributed by atoms with Crippen LogP contribution in [-0.2, 0) is 9.53 Å². The third kappa shape index (κ3) is 3.43. The van der Waals surface area contributed by atoms with Gasteiger partial charge in [-0.05, 0) is 20.4 Å². The molecule has 1 saturated heterocycles. The number of hydrogen-bond acceptors (Lipinski definition) is 4. The van der Waals surface area contributed by atoms with E-state index in [0.717, 1.165) is 13.1 Å². The molecule has 1 rings (SSSR count). The summed E-state index contributed by atoms with van der Waals surface area (Å²) in [5, 5.41) is 12.3. The minimum absolute atomic E-state index is 0.188. The number of nitrogens with zero attached hydrogens (tertiary/aromatic N) is 1. The lowest BCUT2D eigenvalue weighted by molar-refractivity contribution is -0.145. The van der Waals surface area contributed by atoms with Gasteiger partial charge < -0.3 is 15.2 Å². The standard InChI is InChI=1S/C11H22N2O3/c1-4-12-11(3,10(14)15)8-13-5-6-16-9(2)7-13/h9,12H,4-8H2,1-3H3,(H,14,15). The molecule has 0 radical (unpaired) electrons. The molecule has 1 heterocycles. The number of carboxylic acids is 1. The lowest BCUT2D eigenvalue weighted by Gasteiger charge is -2.37. The van der Waals surface area contributed by atoms with Gasteiger partial charge in [-0.25, -0.2) is 0 Å². The fraction of sp³-hybridized carbons (Fsp3) is 0.909. The molecule has 2 N–H and O–H groups in total. The maximum atomic E-state index is 11.2. The zero-order valence-electron chi connectivity index (χ0n) is 10.3. The molecule has 94 valence electrons. The molecule has 0 bridgehead atoms. The summed E-state index contributed by atoms with van der Waals surface area (Å²) in [7, 11) is 0. The zero-order chi connectivity index (χ0) is 12.2. The van der Waals surface area contributed by atoms with Gasteiger partial charge in [0, 0.05) is 19.6 Å². The number of ether oxygens (including phenoxy) is 1. The van der Waals surface area contributed by atoms with Gasteiger partial charge in [0.25, 0.3) is 0 Å². The third-order valence-electron chi connectivity index (χ3n) is 2.90. The highest BCUT2D eigenvalue weighted by Gasteiger charge is 2.35. The number of hydrogen-bond donors (Lipinski definition) is 2. The summed E-state index contributed by atoms with van der Waals surface area (Å²) in [5.74, 6) is -0.798. The van der Waals surface area contributed by atoms with Crippen LogP contribution in [0.1, 0.15) is 20.8 Å². The molecule has 1 fully saturated rings. The molecule has 1 aliphatic rings. The number of morpholine rings is 1. The van der Waals surface area contributed by atoms with E-state index in [1.807, 2.05) is 13.8 Å². The first kappa shape index (κ1) is 13.4. The lowest BCUT2D eigenvalue weighted by Crippen LogP contribution is -2.59. The predicted octanol–water partition coefficient (Wildman–Crippen LogP) is 0.160. The van der Waals surface area contributed by atoms with E-state index in [-0.39, 0.29) is 6.10 Å². The predicted molar refractivity (Wildman–Crippen MR) is 61.6 cm³/mol. The first-order chi connectivity index (χ1) is 7.48. The molecule has 0 amide bonds. The van der Waals surface area contributed by atoms with Gasteiger partial charge in [0.05, 0.1) is 12.7 Å². The normalized spacial score (nSPS) is 26.3. The van der Waals surface area contributed by atoms with Crippen LogP contribution in [0.2, 0.25) is 0 Å². The van der Waals surface area contributed by atoms with Gasteiger partial charge in [0.15, 0.2) is 0 Å². The first-order valence-corrected chi connectivity index (χ1v) is 5.80. The van der Waals surface area contributed by atoms with E-state index < -0.39 is 11.5 Å². The van der Waals surface area contributed by atoms with Gasteiger partial charge in [-0.15, -0.1) is 0 Å². The van der Waals surface area contributed by atoms with Crippen molar-refractivity contribution in [3.63, 3.8) is 0 Å². The van der Waals surface area contributed by atoms with E-state index in [1.165, 1.54) is 0 Å². The molecule has 5 nitrogen and oxygen atoms in total. The monoisotopic (exact) mass is 230 g/mol. The van der Waals surface area contributed by atoms with Gasteiger partial charge in [-0.2, -0.15) is 0 Å². The topological polar surface area (TPSA) is 61.8 Å². The van der Waals surface area contributed by atoms with E-state index in [1.54, 1.807) is 6.92 Å². The van der Waals surface area contributed by atoms with Crippen molar-refractivity contribution >= 4 is 5.97 Å². The zero-order valence-corrected chi connectivity index (χ0v) is 10.3. The molecule has 0 aromatic carbocycles. The molecular formula is C11H22N2O3. The molecule has 0 spiro atoms. The summed E-state index contributed by atoms with van der Waals surface area (Å²) in [6.07, 6.45) is 0.188. The Hall–Kier alpha value is -0.650. The van der Waals surface area contributed by atoms with Gasteiger partial charge in [-0.1, -0.05) is 6.92 Å². The number of carboxylic acid groups (broad SMARTS) is 1. The minimum atomic E-state index is -0.869. The van der Waals surface area contributed by atoms with E-state index in [2.05, 4.69) is 10.2 Å². The number of likely N-dealkylation sites (N-methyl/N-ethyl adjacent to an activating group) is 1. The van der Waals surface area contributed by atoms with Gasteiger partial charge in [-0.3, -0.25) is 9.69 Å². The quantitative estimate of drug-likeness (QED) is 0.704. The molecule has 1 aliphatic heterocycles. The molecule has 0 aromatic rings. The van der Waals surface area contributed by atoms with Crippen molar-refractivity contribution in [1.82, 2.24) is 10.2 Å². The van der Waals surface area contributed by atoms with E-state index in [9.17, 15) is 9.90 Å². The molecular weight excluding hydrogens is 208 g/mol. The maximum Gasteiger partial charge on any atom is 0.324 e. The van der Waals surface area contributed by atoms with Crippen LogP contribution < -0.4 is 5.32 Å². The highest BCUT2D eigenvalue weighted by molar-refractivity contribution is 5.78. The van der Waals surface area contributed by atoms with Crippen LogP contribution in [-0.4, -0.2) is 60.4 Å². The first-order valence-electron chi connectivity index (χ1n) is 5.80. The van der Waals surface area contributed by atoms with Crippen molar-refractivity contribution in [3.05, 3.63) is 0 Å². The highest BCUT2D eigenvalue weighted by atomic mass is 16.5. The Morgan fingerprint density at radius 2 is 2.38 bits per heavy atom. The van der Waals surface area contributed by atoms with Gasteiger partial charge >= 0.3 is 5.97 Å². The Morgan fingerprint density at radius 3 is 2.88 bits per heavy atom. The van der Waals surface area contributed by atoms with Crippen molar-refractivity contribution in [1.29, 1.82) is 0 Å². The summed E-state index contributed by atoms with van der Waals surface area (Å²) in [5.41, 5.74) is -0.869. The minimum Gasteiger partial charge on any atom is -0.480 e. The fourth-order valence-corrected chi connectivity index (χ4v) is 2.07. The molecule has 5 heteroatoms. The second kappa shape index (κ2) is 5.61. The molecule has 2 unspecified atom stereocenters. The Morgan fingerprint density at radius 1 is 1.69 bits per heavy atom. The SMILES string of the molecule is CCNC(C)(CN1CCOC(C)C1)C(=O)O. The van der Waals surface area contributed by atoms with Crippen LogP contribution in [0.15, 0.2) is 0 Å².